The van der Waals surface area contributed by atoms with Gasteiger partial charge in [-0.15, -0.1) is 0 Å². The van der Waals surface area contributed by atoms with E-state index < -0.39 is 0 Å². The SMILES string of the molecule is [c]1cccc2c1CC[CH]C2. The van der Waals surface area contributed by atoms with Crippen LogP contribution in [-0.2, 0) is 12.8 Å². The van der Waals surface area contributed by atoms with E-state index in [1.807, 2.05) is 6.07 Å². The Kier molecular flexibility index (Phi) is 1.46. The molecule has 0 N–H and O–H groups in total. The molecule has 2 radical (unpaired) electrons. The molecule has 1 aliphatic rings. The molecule has 0 amide bonds. The Morgan fingerprint density at radius 3 is 3.30 bits per heavy atom. The maximum Gasteiger partial charge on any atom is -0.0146 e. The summed E-state index contributed by atoms with van der Waals surface area (Å²) in [5.41, 5.74) is 2.89. The fourth-order valence-corrected chi connectivity index (χ4v) is 1.43. The highest BCUT2D eigenvalue weighted by molar-refractivity contribution is 5.29. The van der Waals surface area contributed by atoms with Crippen molar-refractivity contribution in [1.29, 1.82) is 0 Å². The zero-order chi connectivity index (χ0) is 6.81. The fraction of sp³-hybridized carbons (Fsp3) is 0.300. The van der Waals surface area contributed by atoms with Gasteiger partial charge in [0.05, 0.1) is 0 Å². The molecule has 0 bridgehead atoms. The lowest BCUT2D eigenvalue weighted by atomic mass is 9.92. The Hall–Kier alpha value is -0.780. The summed E-state index contributed by atoms with van der Waals surface area (Å²) in [4.78, 5) is 0. The predicted octanol–water partition coefficient (Wildman–Crippen LogP) is 2.18. The minimum absolute atomic E-state index is 1.15. The second kappa shape index (κ2) is 2.45. The van der Waals surface area contributed by atoms with Crippen LogP contribution in [0.1, 0.15) is 17.5 Å². The Morgan fingerprint density at radius 2 is 2.40 bits per heavy atom. The minimum atomic E-state index is 1.15. The van der Waals surface area contributed by atoms with Crippen molar-refractivity contribution in [2.24, 2.45) is 0 Å². The van der Waals surface area contributed by atoms with Gasteiger partial charge in [-0.2, -0.15) is 0 Å². The zero-order valence-electron chi connectivity index (χ0n) is 5.93. The molecule has 0 aliphatic heterocycles. The van der Waals surface area contributed by atoms with Crippen molar-refractivity contribution >= 4 is 0 Å². The van der Waals surface area contributed by atoms with Crippen LogP contribution in [0.15, 0.2) is 18.2 Å². The molecule has 0 saturated heterocycles. The van der Waals surface area contributed by atoms with Crippen LogP contribution in [0.2, 0.25) is 0 Å². The third-order valence-corrected chi connectivity index (χ3v) is 2.00. The minimum Gasteiger partial charge on any atom is -0.0614 e. The summed E-state index contributed by atoms with van der Waals surface area (Å²) in [6.45, 7) is 0. The van der Waals surface area contributed by atoms with E-state index in [4.69, 9.17) is 0 Å². The first-order valence-corrected chi connectivity index (χ1v) is 3.77. The first-order valence-electron chi connectivity index (χ1n) is 3.77. The molecule has 0 spiro atoms. The zero-order valence-corrected chi connectivity index (χ0v) is 5.93. The van der Waals surface area contributed by atoms with Crippen molar-refractivity contribution in [2.75, 3.05) is 0 Å². The highest BCUT2D eigenvalue weighted by atomic mass is 14.1. The standard InChI is InChI=1S/C10H10/c1-2-6-10-8-4-3-7-9(10)5-1/h1-3,5H,4,7-8H2. The van der Waals surface area contributed by atoms with Gasteiger partial charge in [-0.3, -0.25) is 0 Å². The molecule has 0 unspecified atom stereocenters. The number of fused-ring (bicyclic) bond motifs is 1. The normalized spacial score (nSPS) is 16.4. The van der Waals surface area contributed by atoms with Crippen molar-refractivity contribution < 1.29 is 0 Å². The average molecular weight is 130 g/mol. The molecule has 0 nitrogen and oxygen atoms in total. The van der Waals surface area contributed by atoms with Crippen molar-refractivity contribution in [2.45, 2.75) is 19.3 Å². The summed E-state index contributed by atoms with van der Waals surface area (Å²) in [7, 11) is 0. The maximum absolute atomic E-state index is 3.27. The highest BCUT2D eigenvalue weighted by Gasteiger charge is 2.06. The van der Waals surface area contributed by atoms with Crippen molar-refractivity contribution in [3.05, 3.63) is 41.8 Å². The van der Waals surface area contributed by atoms with E-state index in [0.717, 1.165) is 6.42 Å². The number of rotatable bonds is 0. The van der Waals surface area contributed by atoms with Crippen LogP contribution < -0.4 is 0 Å². The van der Waals surface area contributed by atoms with Crippen molar-refractivity contribution in [1.82, 2.24) is 0 Å². The number of hydrogen-bond acceptors (Lipinski definition) is 0. The van der Waals surface area contributed by atoms with E-state index >= 15 is 0 Å². The third-order valence-electron chi connectivity index (χ3n) is 2.00. The van der Waals surface area contributed by atoms with Crippen molar-refractivity contribution in [3.63, 3.8) is 0 Å². The molecular formula is C10H10. The van der Waals surface area contributed by atoms with Crippen LogP contribution >= 0.6 is 0 Å². The fourth-order valence-electron chi connectivity index (χ4n) is 1.43. The van der Waals surface area contributed by atoms with Gasteiger partial charge in [-0.05, 0) is 42.9 Å². The smallest absolute Gasteiger partial charge is 0.0146 e. The van der Waals surface area contributed by atoms with Crippen LogP contribution in [-0.4, -0.2) is 0 Å². The van der Waals surface area contributed by atoms with E-state index in [1.54, 1.807) is 0 Å². The average Bonchev–Trinajstić information content (AvgIpc) is 2.05. The van der Waals surface area contributed by atoms with E-state index in [0.29, 0.717) is 0 Å². The lowest BCUT2D eigenvalue weighted by molar-refractivity contribution is 0.828. The van der Waals surface area contributed by atoms with E-state index in [1.165, 1.54) is 24.0 Å². The third kappa shape index (κ3) is 0.942. The summed E-state index contributed by atoms with van der Waals surface area (Å²) >= 11 is 0. The van der Waals surface area contributed by atoms with Crippen LogP contribution in [0.25, 0.3) is 0 Å². The van der Waals surface area contributed by atoms with E-state index in [-0.39, 0.29) is 0 Å². The molecule has 0 fully saturated rings. The molecule has 10 heavy (non-hydrogen) atoms. The first-order chi connectivity index (χ1) is 4.97. The van der Waals surface area contributed by atoms with Gasteiger partial charge in [-0.1, -0.05) is 18.2 Å². The Bertz CT molecular complexity index is 200. The summed E-state index contributed by atoms with van der Waals surface area (Å²) in [6, 6.07) is 9.54. The van der Waals surface area contributed by atoms with Gasteiger partial charge >= 0.3 is 0 Å². The molecular weight excluding hydrogens is 120 g/mol. The molecule has 0 heterocycles. The molecule has 0 atom stereocenters. The van der Waals surface area contributed by atoms with E-state index in [9.17, 15) is 0 Å². The monoisotopic (exact) mass is 130 g/mol. The molecule has 1 aromatic carbocycles. The molecule has 1 aromatic rings. The number of aryl methyl sites for hydroxylation is 1. The van der Waals surface area contributed by atoms with Crippen LogP contribution in [0.4, 0.5) is 0 Å². The molecule has 1 aliphatic carbocycles. The summed E-state index contributed by atoms with van der Waals surface area (Å²) < 4.78 is 0. The number of hydrogen-bond donors (Lipinski definition) is 0. The van der Waals surface area contributed by atoms with Crippen LogP contribution in [0.3, 0.4) is 0 Å². The maximum atomic E-state index is 3.27. The summed E-state index contributed by atoms with van der Waals surface area (Å²) in [5.74, 6) is 0. The second-order valence-electron chi connectivity index (χ2n) is 2.71. The lowest BCUT2D eigenvalue weighted by Crippen LogP contribution is -2.01. The van der Waals surface area contributed by atoms with E-state index in [2.05, 4.69) is 24.6 Å². The Morgan fingerprint density at radius 1 is 1.40 bits per heavy atom. The first kappa shape index (κ1) is 5.96. The Labute approximate surface area is 61.9 Å². The largest absolute Gasteiger partial charge is 0.0614 e. The van der Waals surface area contributed by atoms with Crippen LogP contribution in [0, 0.1) is 12.5 Å². The molecule has 0 aromatic heterocycles. The van der Waals surface area contributed by atoms with Gasteiger partial charge in [0.1, 0.15) is 0 Å². The highest BCUT2D eigenvalue weighted by Crippen LogP contribution is 2.18. The summed E-state index contributed by atoms with van der Waals surface area (Å²) in [5, 5.41) is 0. The van der Waals surface area contributed by atoms with Crippen molar-refractivity contribution in [3.8, 4) is 0 Å². The molecule has 0 saturated carbocycles. The van der Waals surface area contributed by atoms with Gasteiger partial charge in [0.25, 0.3) is 0 Å². The van der Waals surface area contributed by atoms with Gasteiger partial charge < -0.3 is 0 Å². The quantitative estimate of drug-likeness (QED) is 0.505. The van der Waals surface area contributed by atoms with Gasteiger partial charge in [-0.25, -0.2) is 0 Å². The lowest BCUT2D eigenvalue weighted by Gasteiger charge is -2.13. The number of benzene rings is 1. The molecule has 0 heteroatoms. The van der Waals surface area contributed by atoms with Gasteiger partial charge in [0.2, 0.25) is 0 Å². The summed E-state index contributed by atoms with van der Waals surface area (Å²) in [6.07, 6.45) is 5.91. The second-order valence-corrected chi connectivity index (χ2v) is 2.71. The topological polar surface area (TPSA) is 0 Å². The van der Waals surface area contributed by atoms with Gasteiger partial charge in [0, 0.05) is 0 Å². The molecule has 50 valence electrons. The van der Waals surface area contributed by atoms with Gasteiger partial charge in [0.15, 0.2) is 0 Å². The van der Waals surface area contributed by atoms with Crippen LogP contribution in [0.5, 0.6) is 0 Å². The predicted molar refractivity (Wildman–Crippen MR) is 41.6 cm³/mol. The Balaban J connectivity index is 2.41. The molecule has 2 rings (SSSR count).